The number of hydrogen-bond acceptors (Lipinski definition) is 6. The molecule has 0 aliphatic heterocycles. The quantitative estimate of drug-likeness (QED) is 0.344. The van der Waals surface area contributed by atoms with Gasteiger partial charge in [0.05, 0.1) is 20.6 Å². The number of methoxy groups -OCH3 is 2. The van der Waals surface area contributed by atoms with Gasteiger partial charge in [0.1, 0.15) is 12.4 Å². The molecule has 3 aromatic carbocycles. The lowest BCUT2D eigenvalue weighted by Gasteiger charge is -2.09. The summed E-state index contributed by atoms with van der Waals surface area (Å²) in [5, 5.41) is 6.81. The number of carbonyl (C=O) groups excluding carboxylic acids is 2. The van der Waals surface area contributed by atoms with Gasteiger partial charge in [0, 0.05) is 17.0 Å². The van der Waals surface area contributed by atoms with Gasteiger partial charge in [0.15, 0.2) is 11.5 Å². The van der Waals surface area contributed by atoms with Crippen molar-refractivity contribution >= 4 is 23.2 Å². The molecule has 3 aromatic rings. The van der Waals surface area contributed by atoms with E-state index in [0.29, 0.717) is 40.8 Å². The van der Waals surface area contributed by atoms with Crippen LogP contribution in [-0.2, 0) is 11.4 Å². The largest absolute Gasteiger partial charge is 0.493 e. The molecule has 0 aliphatic rings. The molecule has 0 saturated carbocycles. The summed E-state index contributed by atoms with van der Waals surface area (Å²) in [5.41, 5.74) is 4.97. The Kier molecular flexibility index (Phi) is 8.62. The van der Waals surface area contributed by atoms with E-state index in [9.17, 15) is 9.59 Å². The molecule has 176 valence electrons. The number of benzene rings is 3. The van der Waals surface area contributed by atoms with Crippen LogP contribution in [0, 0.1) is 0 Å². The van der Waals surface area contributed by atoms with Crippen LogP contribution in [0.5, 0.6) is 17.2 Å². The van der Waals surface area contributed by atoms with Crippen LogP contribution in [0.4, 0.5) is 5.69 Å². The fraction of sp³-hybridized carbons (Fsp3) is 0.192. The number of hydrogen-bond donors (Lipinski definition) is 2. The lowest BCUT2D eigenvalue weighted by atomic mass is 10.2. The molecule has 0 saturated heterocycles. The Morgan fingerprint density at radius 3 is 2.26 bits per heavy atom. The third-order valence-corrected chi connectivity index (χ3v) is 4.80. The molecule has 0 spiro atoms. The second kappa shape index (κ2) is 12.1. The highest BCUT2D eigenvalue weighted by atomic mass is 16.5. The van der Waals surface area contributed by atoms with E-state index >= 15 is 0 Å². The molecule has 0 unspecified atom stereocenters. The van der Waals surface area contributed by atoms with Crippen LogP contribution in [0.25, 0.3) is 0 Å². The lowest BCUT2D eigenvalue weighted by molar-refractivity contribution is -0.115. The number of amides is 2. The molecule has 0 bridgehead atoms. The first-order valence-corrected chi connectivity index (χ1v) is 10.6. The lowest BCUT2D eigenvalue weighted by Crippen LogP contribution is -2.21. The van der Waals surface area contributed by atoms with Gasteiger partial charge in [-0.1, -0.05) is 30.3 Å². The minimum Gasteiger partial charge on any atom is -0.493 e. The monoisotopic (exact) mass is 461 g/mol. The number of rotatable bonds is 10. The van der Waals surface area contributed by atoms with Gasteiger partial charge in [0.2, 0.25) is 5.91 Å². The van der Waals surface area contributed by atoms with E-state index in [1.165, 1.54) is 14.2 Å². The van der Waals surface area contributed by atoms with Crippen LogP contribution in [0.1, 0.15) is 29.3 Å². The van der Waals surface area contributed by atoms with Crippen LogP contribution in [0.15, 0.2) is 77.9 Å². The predicted octanol–water partition coefficient (Wildman–Crippen LogP) is 4.42. The third kappa shape index (κ3) is 7.09. The summed E-state index contributed by atoms with van der Waals surface area (Å²) in [6, 6.07) is 21.8. The van der Waals surface area contributed by atoms with Crippen molar-refractivity contribution in [1.29, 1.82) is 0 Å². The molecule has 0 heterocycles. The van der Waals surface area contributed by atoms with Crippen molar-refractivity contribution < 1.29 is 23.8 Å². The van der Waals surface area contributed by atoms with Gasteiger partial charge in [-0.05, 0) is 55.0 Å². The highest BCUT2D eigenvalue weighted by molar-refractivity contribution is 6.06. The van der Waals surface area contributed by atoms with E-state index in [4.69, 9.17) is 14.2 Å². The van der Waals surface area contributed by atoms with Gasteiger partial charge in [-0.25, -0.2) is 5.43 Å². The molecule has 8 heteroatoms. The zero-order valence-corrected chi connectivity index (χ0v) is 19.3. The first-order chi connectivity index (χ1) is 16.5. The topological polar surface area (TPSA) is 98.2 Å². The Hall–Kier alpha value is -4.33. The summed E-state index contributed by atoms with van der Waals surface area (Å²) < 4.78 is 16.1. The van der Waals surface area contributed by atoms with Gasteiger partial charge in [-0.15, -0.1) is 0 Å². The first-order valence-electron chi connectivity index (χ1n) is 10.6. The van der Waals surface area contributed by atoms with Crippen molar-refractivity contribution in [2.75, 3.05) is 19.5 Å². The summed E-state index contributed by atoms with van der Waals surface area (Å²) in [6.45, 7) is 2.13. The van der Waals surface area contributed by atoms with Gasteiger partial charge in [0.25, 0.3) is 5.91 Å². The first kappa shape index (κ1) is 24.3. The molecular weight excluding hydrogens is 434 g/mol. The fourth-order valence-electron chi connectivity index (χ4n) is 3.04. The molecule has 0 aromatic heterocycles. The second-order valence-electron chi connectivity index (χ2n) is 7.38. The van der Waals surface area contributed by atoms with Crippen molar-refractivity contribution in [3.63, 3.8) is 0 Å². The zero-order valence-electron chi connectivity index (χ0n) is 19.3. The van der Waals surface area contributed by atoms with Gasteiger partial charge < -0.3 is 19.5 Å². The maximum atomic E-state index is 12.3. The summed E-state index contributed by atoms with van der Waals surface area (Å²) in [5.74, 6) is 0.988. The highest BCUT2D eigenvalue weighted by Gasteiger charge is 2.11. The summed E-state index contributed by atoms with van der Waals surface area (Å²) >= 11 is 0. The summed E-state index contributed by atoms with van der Waals surface area (Å²) in [6.07, 6.45) is 0.0263. The summed E-state index contributed by atoms with van der Waals surface area (Å²) in [4.78, 5) is 24.7. The van der Waals surface area contributed by atoms with E-state index in [1.54, 1.807) is 49.4 Å². The third-order valence-electron chi connectivity index (χ3n) is 4.80. The molecule has 0 atom stereocenters. The zero-order chi connectivity index (χ0) is 24.3. The van der Waals surface area contributed by atoms with Crippen molar-refractivity contribution in [3.05, 3.63) is 83.9 Å². The molecule has 34 heavy (non-hydrogen) atoms. The maximum absolute atomic E-state index is 12.3. The Labute approximate surface area is 198 Å². The standard InChI is InChI=1S/C26H27N3O5/c1-18(28-29-26(31)20-9-14-23(32-2)24(16-20)33-3)15-25(30)27-21-10-12-22(13-11-21)34-17-19-7-5-4-6-8-19/h4-14,16H,15,17H2,1-3H3,(H,27,30)(H,29,31)/b28-18+. The van der Waals surface area contributed by atoms with Crippen LogP contribution in [0.3, 0.4) is 0 Å². The van der Waals surface area contributed by atoms with Crippen molar-refractivity contribution in [2.45, 2.75) is 20.0 Å². The van der Waals surface area contributed by atoms with Gasteiger partial charge >= 0.3 is 0 Å². The Morgan fingerprint density at radius 2 is 1.59 bits per heavy atom. The fourth-order valence-corrected chi connectivity index (χ4v) is 3.04. The van der Waals surface area contributed by atoms with E-state index in [-0.39, 0.29) is 12.3 Å². The molecule has 2 amide bonds. The van der Waals surface area contributed by atoms with Gasteiger partial charge in [-0.3, -0.25) is 9.59 Å². The second-order valence-corrected chi connectivity index (χ2v) is 7.38. The number of nitrogens with zero attached hydrogens (tertiary/aromatic N) is 1. The molecule has 0 aliphatic carbocycles. The predicted molar refractivity (Wildman–Crippen MR) is 131 cm³/mol. The Balaban J connectivity index is 1.48. The minimum absolute atomic E-state index is 0.0263. The average Bonchev–Trinajstić information content (AvgIpc) is 2.87. The molecule has 8 nitrogen and oxygen atoms in total. The smallest absolute Gasteiger partial charge is 0.271 e. The minimum atomic E-state index is -0.424. The molecule has 3 rings (SSSR count). The maximum Gasteiger partial charge on any atom is 0.271 e. The van der Waals surface area contributed by atoms with Crippen molar-refractivity contribution in [1.82, 2.24) is 5.43 Å². The van der Waals surface area contributed by atoms with Crippen molar-refractivity contribution in [3.8, 4) is 17.2 Å². The van der Waals surface area contributed by atoms with E-state index in [1.807, 2.05) is 30.3 Å². The van der Waals surface area contributed by atoms with Crippen LogP contribution in [0.2, 0.25) is 0 Å². The van der Waals surface area contributed by atoms with Crippen LogP contribution in [-0.4, -0.2) is 31.7 Å². The number of carbonyl (C=O) groups is 2. The van der Waals surface area contributed by atoms with Crippen LogP contribution < -0.4 is 25.0 Å². The van der Waals surface area contributed by atoms with Crippen molar-refractivity contribution in [2.24, 2.45) is 5.10 Å². The molecule has 0 radical (unpaired) electrons. The van der Waals surface area contributed by atoms with E-state index in [2.05, 4.69) is 15.8 Å². The van der Waals surface area contributed by atoms with Gasteiger partial charge in [-0.2, -0.15) is 5.10 Å². The summed E-state index contributed by atoms with van der Waals surface area (Å²) in [7, 11) is 3.01. The number of hydrazone groups is 1. The number of anilines is 1. The normalized spacial score (nSPS) is 10.9. The SMILES string of the molecule is COc1ccc(C(=O)N/N=C(\C)CC(=O)Nc2ccc(OCc3ccccc3)cc2)cc1OC. The molecular formula is C26H27N3O5. The highest BCUT2D eigenvalue weighted by Crippen LogP contribution is 2.27. The number of nitrogens with one attached hydrogen (secondary N) is 2. The Bertz CT molecular complexity index is 1140. The average molecular weight is 462 g/mol. The van der Waals surface area contributed by atoms with Crippen LogP contribution >= 0.6 is 0 Å². The van der Waals surface area contributed by atoms with E-state index in [0.717, 1.165) is 5.56 Å². The molecule has 0 fully saturated rings. The van der Waals surface area contributed by atoms with E-state index < -0.39 is 5.91 Å². The molecule has 2 N–H and O–H groups in total. The number of ether oxygens (including phenoxy) is 3. The Morgan fingerprint density at radius 1 is 0.882 bits per heavy atom.